The van der Waals surface area contributed by atoms with E-state index in [2.05, 4.69) is 21.1 Å². The zero-order chi connectivity index (χ0) is 10.8. The SMILES string of the molecule is c1nc(-c2csc(C3CCCNC3)n2)cs1. The Morgan fingerprint density at radius 1 is 1.31 bits per heavy atom. The Morgan fingerprint density at radius 3 is 3.06 bits per heavy atom. The summed E-state index contributed by atoms with van der Waals surface area (Å²) < 4.78 is 0. The van der Waals surface area contributed by atoms with Crippen molar-refractivity contribution < 1.29 is 0 Å². The predicted octanol–water partition coefficient (Wildman–Crippen LogP) is 2.73. The molecule has 2 aromatic rings. The first-order chi connectivity index (χ1) is 7.93. The first-order valence-electron chi connectivity index (χ1n) is 5.48. The number of hydrogen-bond acceptors (Lipinski definition) is 5. The molecule has 16 heavy (non-hydrogen) atoms. The second-order valence-corrected chi connectivity index (χ2v) is 5.60. The van der Waals surface area contributed by atoms with Crippen molar-refractivity contribution in [3.63, 3.8) is 0 Å². The average Bonchev–Trinajstić information content (AvgIpc) is 3.01. The van der Waals surface area contributed by atoms with E-state index in [-0.39, 0.29) is 0 Å². The van der Waals surface area contributed by atoms with E-state index in [4.69, 9.17) is 4.98 Å². The smallest absolute Gasteiger partial charge is 0.101 e. The van der Waals surface area contributed by atoms with Gasteiger partial charge in [-0.1, -0.05) is 0 Å². The quantitative estimate of drug-likeness (QED) is 0.892. The summed E-state index contributed by atoms with van der Waals surface area (Å²) >= 11 is 3.39. The van der Waals surface area contributed by atoms with Gasteiger partial charge in [0.1, 0.15) is 11.4 Å². The monoisotopic (exact) mass is 251 g/mol. The standard InChI is InChI=1S/C11H13N3S2/c1-2-8(4-12-3-1)11-14-10(6-16-11)9-5-15-7-13-9/h5-8,12H,1-4H2. The number of rotatable bonds is 2. The summed E-state index contributed by atoms with van der Waals surface area (Å²) in [4.78, 5) is 8.99. The molecule has 1 atom stereocenters. The van der Waals surface area contributed by atoms with Gasteiger partial charge in [-0.3, -0.25) is 0 Å². The number of thiazole rings is 2. The normalized spacial score (nSPS) is 21.1. The molecule has 2 aromatic heterocycles. The van der Waals surface area contributed by atoms with Gasteiger partial charge < -0.3 is 5.32 Å². The van der Waals surface area contributed by atoms with Crippen LogP contribution in [-0.4, -0.2) is 23.1 Å². The summed E-state index contributed by atoms with van der Waals surface area (Å²) in [6.45, 7) is 2.23. The van der Waals surface area contributed by atoms with Crippen LogP contribution in [0.25, 0.3) is 11.4 Å². The molecule has 1 fully saturated rings. The van der Waals surface area contributed by atoms with Crippen molar-refractivity contribution in [3.05, 3.63) is 21.3 Å². The number of nitrogens with zero attached hydrogens (tertiary/aromatic N) is 2. The molecule has 1 unspecified atom stereocenters. The highest BCUT2D eigenvalue weighted by atomic mass is 32.1. The number of nitrogens with one attached hydrogen (secondary N) is 1. The van der Waals surface area contributed by atoms with Crippen molar-refractivity contribution >= 4 is 22.7 Å². The molecule has 1 aliphatic heterocycles. The third-order valence-electron chi connectivity index (χ3n) is 2.86. The molecule has 1 N–H and O–H groups in total. The van der Waals surface area contributed by atoms with Crippen molar-refractivity contribution in [1.82, 2.24) is 15.3 Å². The third-order valence-corrected chi connectivity index (χ3v) is 4.46. The Morgan fingerprint density at radius 2 is 2.31 bits per heavy atom. The van der Waals surface area contributed by atoms with Gasteiger partial charge in [-0.15, -0.1) is 22.7 Å². The van der Waals surface area contributed by atoms with Gasteiger partial charge in [0.25, 0.3) is 0 Å². The summed E-state index contributed by atoms with van der Waals surface area (Å²) in [5.74, 6) is 0.603. The lowest BCUT2D eigenvalue weighted by atomic mass is 10.0. The molecule has 0 bridgehead atoms. The van der Waals surface area contributed by atoms with Crippen LogP contribution in [0.3, 0.4) is 0 Å². The van der Waals surface area contributed by atoms with E-state index in [1.165, 1.54) is 17.8 Å². The Bertz CT molecular complexity index is 444. The maximum Gasteiger partial charge on any atom is 0.101 e. The molecule has 0 aromatic carbocycles. The molecule has 84 valence electrons. The van der Waals surface area contributed by atoms with E-state index in [1.807, 2.05) is 5.51 Å². The van der Waals surface area contributed by atoms with Gasteiger partial charge in [0.05, 0.1) is 10.5 Å². The van der Waals surface area contributed by atoms with E-state index in [9.17, 15) is 0 Å². The first kappa shape index (κ1) is 10.4. The molecule has 3 nitrogen and oxygen atoms in total. The maximum atomic E-state index is 4.70. The topological polar surface area (TPSA) is 37.8 Å². The first-order valence-corrected chi connectivity index (χ1v) is 7.30. The highest BCUT2D eigenvalue weighted by molar-refractivity contribution is 7.10. The fourth-order valence-electron chi connectivity index (χ4n) is 1.99. The van der Waals surface area contributed by atoms with Crippen molar-refractivity contribution in [2.24, 2.45) is 0 Å². The van der Waals surface area contributed by atoms with Crippen LogP contribution in [0.15, 0.2) is 16.3 Å². The Hall–Kier alpha value is -0.780. The van der Waals surface area contributed by atoms with Gasteiger partial charge in [0.15, 0.2) is 0 Å². The minimum absolute atomic E-state index is 0.603. The summed E-state index contributed by atoms with van der Waals surface area (Å²) in [5, 5.41) is 8.87. The Labute approximate surface area is 103 Å². The minimum atomic E-state index is 0.603. The van der Waals surface area contributed by atoms with Gasteiger partial charge in [0.2, 0.25) is 0 Å². The second-order valence-electron chi connectivity index (χ2n) is 3.99. The van der Waals surface area contributed by atoms with E-state index < -0.39 is 0 Å². The molecule has 0 spiro atoms. The summed E-state index contributed by atoms with van der Waals surface area (Å²) in [6.07, 6.45) is 2.52. The zero-order valence-electron chi connectivity index (χ0n) is 8.85. The highest BCUT2D eigenvalue weighted by Gasteiger charge is 2.18. The van der Waals surface area contributed by atoms with Crippen LogP contribution in [0.4, 0.5) is 0 Å². The third kappa shape index (κ3) is 2.03. The molecular formula is C11H13N3S2. The van der Waals surface area contributed by atoms with Crippen LogP contribution < -0.4 is 5.32 Å². The summed E-state index contributed by atoms with van der Waals surface area (Å²) in [6, 6.07) is 0. The van der Waals surface area contributed by atoms with E-state index in [0.717, 1.165) is 24.5 Å². The van der Waals surface area contributed by atoms with Gasteiger partial charge >= 0.3 is 0 Å². The van der Waals surface area contributed by atoms with Gasteiger partial charge in [-0.05, 0) is 19.4 Å². The van der Waals surface area contributed by atoms with Crippen molar-refractivity contribution in [1.29, 1.82) is 0 Å². The van der Waals surface area contributed by atoms with Gasteiger partial charge in [-0.2, -0.15) is 0 Å². The second kappa shape index (κ2) is 4.61. The van der Waals surface area contributed by atoms with E-state index in [0.29, 0.717) is 5.92 Å². The van der Waals surface area contributed by atoms with Gasteiger partial charge in [-0.25, -0.2) is 9.97 Å². The molecule has 0 amide bonds. The minimum Gasteiger partial charge on any atom is -0.316 e. The van der Waals surface area contributed by atoms with E-state index in [1.54, 1.807) is 22.7 Å². The molecule has 0 aliphatic carbocycles. The van der Waals surface area contributed by atoms with Crippen LogP contribution in [-0.2, 0) is 0 Å². The summed E-state index contributed by atoms with van der Waals surface area (Å²) in [5.41, 5.74) is 3.90. The molecule has 3 rings (SSSR count). The number of aromatic nitrogens is 2. The highest BCUT2D eigenvalue weighted by Crippen LogP contribution is 2.29. The van der Waals surface area contributed by atoms with Crippen molar-refractivity contribution in [2.45, 2.75) is 18.8 Å². The van der Waals surface area contributed by atoms with Crippen molar-refractivity contribution in [2.75, 3.05) is 13.1 Å². The lowest BCUT2D eigenvalue weighted by Gasteiger charge is -2.20. The summed E-state index contributed by atoms with van der Waals surface area (Å²) in [7, 11) is 0. The molecule has 5 heteroatoms. The molecule has 1 saturated heterocycles. The molecule has 0 radical (unpaired) electrons. The molecule has 0 saturated carbocycles. The molecular weight excluding hydrogens is 238 g/mol. The Balaban J connectivity index is 1.82. The average molecular weight is 251 g/mol. The van der Waals surface area contributed by atoms with E-state index >= 15 is 0 Å². The molecule has 1 aliphatic rings. The predicted molar refractivity (Wildman–Crippen MR) is 68.1 cm³/mol. The number of piperidine rings is 1. The van der Waals surface area contributed by atoms with Crippen LogP contribution in [0.5, 0.6) is 0 Å². The fraction of sp³-hybridized carbons (Fsp3) is 0.455. The Kier molecular flexibility index (Phi) is 2.99. The van der Waals surface area contributed by atoms with Crippen LogP contribution in [0.1, 0.15) is 23.8 Å². The van der Waals surface area contributed by atoms with Crippen LogP contribution in [0, 0.1) is 0 Å². The largest absolute Gasteiger partial charge is 0.316 e. The van der Waals surface area contributed by atoms with Gasteiger partial charge in [0, 0.05) is 23.2 Å². The van der Waals surface area contributed by atoms with Crippen LogP contribution in [0.2, 0.25) is 0 Å². The lowest BCUT2D eigenvalue weighted by Crippen LogP contribution is -2.28. The van der Waals surface area contributed by atoms with Crippen molar-refractivity contribution in [3.8, 4) is 11.4 Å². The van der Waals surface area contributed by atoms with Crippen LogP contribution >= 0.6 is 22.7 Å². The maximum absolute atomic E-state index is 4.70. The zero-order valence-corrected chi connectivity index (χ0v) is 10.5. The fourth-order valence-corrected chi connectivity index (χ4v) is 3.49. The number of hydrogen-bond donors (Lipinski definition) is 1. The lowest BCUT2D eigenvalue weighted by molar-refractivity contribution is 0.460. The molecule has 3 heterocycles.